The highest BCUT2D eigenvalue weighted by molar-refractivity contribution is 5.97. The molecule has 0 aliphatic rings. The maximum atomic E-state index is 12.5. The van der Waals surface area contributed by atoms with Crippen molar-refractivity contribution in [2.75, 3.05) is 13.1 Å². The Bertz CT molecular complexity index is 407. The van der Waals surface area contributed by atoms with E-state index in [1.165, 1.54) is 0 Å². The van der Waals surface area contributed by atoms with E-state index in [2.05, 4.69) is 13.8 Å². The Morgan fingerprint density at radius 3 is 2.26 bits per heavy atom. The van der Waals surface area contributed by atoms with Crippen molar-refractivity contribution in [3.05, 3.63) is 29.3 Å². The predicted octanol–water partition coefficient (Wildman–Crippen LogP) is 3.74. The Morgan fingerprint density at radius 2 is 1.74 bits per heavy atom. The van der Waals surface area contributed by atoms with Gasteiger partial charge in [0.2, 0.25) is 0 Å². The maximum Gasteiger partial charge on any atom is 0.257 e. The van der Waals surface area contributed by atoms with Gasteiger partial charge in [0, 0.05) is 13.1 Å². The molecule has 0 radical (unpaired) electrons. The Morgan fingerprint density at radius 1 is 1.16 bits per heavy atom. The molecule has 0 unspecified atom stereocenters. The number of benzene rings is 1. The second-order valence-corrected chi connectivity index (χ2v) is 5.02. The van der Waals surface area contributed by atoms with Crippen LogP contribution in [-0.2, 0) is 0 Å². The fourth-order valence-corrected chi connectivity index (χ4v) is 2.00. The summed E-state index contributed by atoms with van der Waals surface area (Å²) in [5.41, 5.74) is 1.42. The first-order chi connectivity index (χ1) is 9.10. The molecule has 1 aromatic rings. The fourth-order valence-electron chi connectivity index (χ4n) is 2.00. The number of hydrogen-bond donors (Lipinski definition) is 1. The molecule has 1 amide bonds. The van der Waals surface area contributed by atoms with Crippen LogP contribution >= 0.6 is 0 Å². The molecule has 19 heavy (non-hydrogen) atoms. The first-order valence-corrected chi connectivity index (χ1v) is 7.19. The molecule has 106 valence electrons. The van der Waals surface area contributed by atoms with Crippen LogP contribution < -0.4 is 0 Å². The highest BCUT2D eigenvalue weighted by Crippen LogP contribution is 2.20. The maximum absolute atomic E-state index is 12.5. The van der Waals surface area contributed by atoms with Crippen LogP contribution in [0.2, 0.25) is 0 Å². The number of hydrogen-bond acceptors (Lipinski definition) is 2. The van der Waals surface area contributed by atoms with Crippen molar-refractivity contribution in [1.29, 1.82) is 0 Å². The highest BCUT2D eigenvalue weighted by Gasteiger charge is 2.18. The van der Waals surface area contributed by atoms with E-state index in [1.807, 2.05) is 17.9 Å². The van der Waals surface area contributed by atoms with Gasteiger partial charge in [0.25, 0.3) is 5.91 Å². The van der Waals surface area contributed by atoms with Crippen molar-refractivity contribution in [1.82, 2.24) is 4.90 Å². The lowest BCUT2D eigenvalue weighted by Gasteiger charge is -2.23. The van der Waals surface area contributed by atoms with Gasteiger partial charge in [-0.05, 0) is 31.9 Å². The summed E-state index contributed by atoms with van der Waals surface area (Å²) < 4.78 is 0. The monoisotopic (exact) mass is 263 g/mol. The molecular weight excluding hydrogens is 238 g/mol. The quantitative estimate of drug-likeness (QED) is 0.814. The van der Waals surface area contributed by atoms with Crippen molar-refractivity contribution < 1.29 is 9.90 Å². The minimum absolute atomic E-state index is 0.0527. The van der Waals surface area contributed by atoms with Crippen molar-refractivity contribution >= 4 is 5.91 Å². The Kier molecular flexibility index (Phi) is 6.40. The van der Waals surface area contributed by atoms with Crippen molar-refractivity contribution in [3.63, 3.8) is 0 Å². The number of unbranched alkanes of at least 4 members (excludes halogenated alkanes) is 2. The Hall–Kier alpha value is -1.51. The lowest BCUT2D eigenvalue weighted by atomic mass is 10.1. The van der Waals surface area contributed by atoms with Crippen molar-refractivity contribution in [3.8, 4) is 5.75 Å². The molecule has 0 aliphatic carbocycles. The minimum Gasteiger partial charge on any atom is -0.507 e. The van der Waals surface area contributed by atoms with Gasteiger partial charge in [-0.3, -0.25) is 4.79 Å². The molecule has 1 N–H and O–H groups in total. The summed E-state index contributed by atoms with van der Waals surface area (Å²) in [6, 6.07) is 5.18. The molecule has 1 aromatic carbocycles. The number of nitrogens with zero attached hydrogens (tertiary/aromatic N) is 1. The third-order valence-corrected chi connectivity index (χ3v) is 3.23. The third-order valence-electron chi connectivity index (χ3n) is 3.23. The van der Waals surface area contributed by atoms with E-state index < -0.39 is 0 Å². The van der Waals surface area contributed by atoms with Gasteiger partial charge < -0.3 is 10.0 Å². The zero-order valence-electron chi connectivity index (χ0n) is 12.3. The Balaban J connectivity index is 2.87. The van der Waals surface area contributed by atoms with Crippen LogP contribution in [0, 0.1) is 6.92 Å². The molecule has 0 atom stereocenters. The molecule has 0 fully saturated rings. The normalized spacial score (nSPS) is 10.5. The average molecular weight is 263 g/mol. The molecule has 0 heterocycles. The van der Waals surface area contributed by atoms with Crippen LogP contribution in [0.5, 0.6) is 5.75 Å². The van der Waals surface area contributed by atoms with Gasteiger partial charge in [-0.1, -0.05) is 38.3 Å². The van der Waals surface area contributed by atoms with E-state index in [0.29, 0.717) is 5.56 Å². The topological polar surface area (TPSA) is 40.5 Å². The van der Waals surface area contributed by atoms with Crippen LogP contribution in [0.1, 0.15) is 55.5 Å². The van der Waals surface area contributed by atoms with Gasteiger partial charge in [-0.25, -0.2) is 0 Å². The molecule has 0 spiro atoms. The predicted molar refractivity (Wildman–Crippen MR) is 78.6 cm³/mol. The smallest absolute Gasteiger partial charge is 0.257 e. The number of carbonyl (C=O) groups excluding carboxylic acids is 1. The lowest BCUT2D eigenvalue weighted by molar-refractivity contribution is 0.0748. The summed E-state index contributed by atoms with van der Waals surface area (Å²) in [5.74, 6) is 0.0247. The molecule has 1 rings (SSSR count). The van der Waals surface area contributed by atoms with E-state index in [0.717, 1.165) is 44.3 Å². The van der Waals surface area contributed by atoms with Crippen molar-refractivity contribution in [2.24, 2.45) is 0 Å². The third kappa shape index (κ3) is 4.58. The van der Waals surface area contributed by atoms with Gasteiger partial charge in [0.15, 0.2) is 0 Å². The number of phenolic OH excluding ortho intramolecular Hbond substituents is 1. The van der Waals surface area contributed by atoms with E-state index in [-0.39, 0.29) is 11.7 Å². The summed E-state index contributed by atoms with van der Waals surface area (Å²) in [6.07, 6.45) is 4.13. The van der Waals surface area contributed by atoms with E-state index in [1.54, 1.807) is 12.1 Å². The molecule has 0 saturated carbocycles. The van der Waals surface area contributed by atoms with E-state index in [4.69, 9.17) is 0 Å². The molecule has 3 nitrogen and oxygen atoms in total. The molecule has 0 saturated heterocycles. The summed E-state index contributed by atoms with van der Waals surface area (Å²) in [5, 5.41) is 9.86. The fraction of sp³-hybridized carbons (Fsp3) is 0.562. The summed E-state index contributed by atoms with van der Waals surface area (Å²) in [4.78, 5) is 14.4. The number of rotatable bonds is 7. The second kappa shape index (κ2) is 7.82. The number of aromatic hydroxyl groups is 1. The summed E-state index contributed by atoms with van der Waals surface area (Å²) in [7, 11) is 0. The molecule has 0 aliphatic heterocycles. The lowest BCUT2D eigenvalue weighted by Crippen LogP contribution is -2.33. The molecule has 3 heteroatoms. The van der Waals surface area contributed by atoms with Gasteiger partial charge in [-0.2, -0.15) is 0 Å². The van der Waals surface area contributed by atoms with Crippen LogP contribution in [0.25, 0.3) is 0 Å². The van der Waals surface area contributed by atoms with Crippen LogP contribution in [0.3, 0.4) is 0 Å². The first kappa shape index (κ1) is 15.5. The Labute approximate surface area is 116 Å². The summed E-state index contributed by atoms with van der Waals surface area (Å²) in [6.45, 7) is 7.70. The highest BCUT2D eigenvalue weighted by atomic mass is 16.3. The van der Waals surface area contributed by atoms with Crippen LogP contribution in [0.4, 0.5) is 0 Å². The zero-order valence-corrected chi connectivity index (χ0v) is 12.3. The summed E-state index contributed by atoms with van der Waals surface area (Å²) >= 11 is 0. The number of phenols is 1. The van der Waals surface area contributed by atoms with Gasteiger partial charge in [-0.15, -0.1) is 0 Å². The molecular formula is C16H25NO2. The van der Waals surface area contributed by atoms with E-state index >= 15 is 0 Å². The molecule has 0 bridgehead atoms. The second-order valence-electron chi connectivity index (χ2n) is 5.02. The SMILES string of the molecule is CCCCN(CCCC)C(=O)c1cc(C)ccc1O. The average Bonchev–Trinajstić information content (AvgIpc) is 2.41. The van der Waals surface area contributed by atoms with Gasteiger partial charge >= 0.3 is 0 Å². The van der Waals surface area contributed by atoms with Crippen LogP contribution in [-0.4, -0.2) is 29.0 Å². The van der Waals surface area contributed by atoms with Gasteiger partial charge in [0.05, 0.1) is 5.56 Å². The van der Waals surface area contributed by atoms with Crippen molar-refractivity contribution in [2.45, 2.75) is 46.5 Å². The van der Waals surface area contributed by atoms with E-state index in [9.17, 15) is 9.90 Å². The number of aryl methyl sites for hydroxylation is 1. The number of carbonyl (C=O) groups is 1. The molecule has 0 aromatic heterocycles. The van der Waals surface area contributed by atoms with Crippen LogP contribution in [0.15, 0.2) is 18.2 Å². The standard InChI is InChI=1S/C16H25NO2/c1-4-6-10-17(11-7-5-2)16(19)14-12-13(3)8-9-15(14)18/h8-9,12,18H,4-7,10-11H2,1-3H3. The largest absolute Gasteiger partial charge is 0.507 e. The number of amides is 1. The first-order valence-electron chi connectivity index (χ1n) is 7.19. The van der Waals surface area contributed by atoms with Gasteiger partial charge in [0.1, 0.15) is 5.75 Å². The zero-order chi connectivity index (χ0) is 14.3. The minimum atomic E-state index is -0.0527.